The van der Waals surface area contributed by atoms with Gasteiger partial charge in [-0.2, -0.15) is 10.1 Å². The molecule has 1 aromatic heterocycles. The molecule has 6 heteroatoms. The van der Waals surface area contributed by atoms with Gasteiger partial charge in [-0.15, -0.1) is 0 Å². The van der Waals surface area contributed by atoms with Gasteiger partial charge in [0.2, 0.25) is 5.88 Å². The van der Waals surface area contributed by atoms with Gasteiger partial charge in [0.1, 0.15) is 18.0 Å². The third-order valence-electron chi connectivity index (χ3n) is 2.05. The number of rotatable bonds is 2. The number of hydrogen-bond donors (Lipinski definition) is 2. The molecule has 2 rings (SSSR count). The number of hydroxylamine groups is 1. The highest BCUT2D eigenvalue weighted by Crippen LogP contribution is 2.06. The molecule has 1 aliphatic rings. The van der Waals surface area contributed by atoms with E-state index in [4.69, 9.17) is 4.84 Å². The van der Waals surface area contributed by atoms with Crippen molar-refractivity contribution in [3.05, 3.63) is 24.6 Å². The molecule has 0 saturated carbocycles. The first kappa shape index (κ1) is 13.2. The molecule has 1 aliphatic heterocycles. The number of aromatic amines is 1. The largest absolute Gasteiger partial charge is 0.361 e. The Morgan fingerprint density at radius 3 is 2.18 bits per heavy atom. The van der Waals surface area contributed by atoms with Crippen LogP contribution >= 0.6 is 0 Å². The second-order valence-electron chi connectivity index (χ2n) is 4.28. The number of nitrogens with zero attached hydrogens (tertiary/aromatic N) is 3. The third kappa shape index (κ3) is 4.26. The summed E-state index contributed by atoms with van der Waals surface area (Å²) in [6.07, 6.45) is 1.52. The molecular weight excluding hydrogens is 218 g/mol. The number of hydrogen-bond acceptors (Lipinski definition) is 5. The van der Waals surface area contributed by atoms with Gasteiger partial charge < -0.3 is 4.84 Å². The fourth-order valence-electron chi connectivity index (χ4n) is 1.03. The van der Waals surface area contributed by atoms with Gasteiger partial charge in [0, 0.05) is 11.8 Å². The van der Waals surface area contributed by atoms with Gasteiger partial charge in [-0.1, -0.05) is 27.7 Å². The van der Waals surface area contributed by atoms with Crippen LogP contribution < -0.4 is 5.48 Å². The van der Waals surface area contributed by atoms with Crippen LogP contribution in [0.3, 0.4) is 0 Å². The van der Waals surface area contributed by atoms with Crippen molar-refractivity contribution in [1.82, 2.24) is 20.7 Å². The molecule has 0 unspecified atom stereocenters. The van der Waals surface area contributed by atoms with E-state index in [1.54, 1.807) is 0 Å². The van der Waals surface area contributed by atoms with Gasteiger partial charge in [-0.05, 0) is 6.58 Å². The normalized spacial score (nSPS) is 14.0. The zero-order chi connectivity index (χ0) is 12.8. The van der Waals surface area contributed by atoms with E-state index in [2.05, 4.69) is 46.1 Å². The lowest BCUT2D eigenvalue weighted by Gasteiger charge is -2.00. The van der Waals surface area contributed by atoms with Gasteiger partial charge in [-0.25, -0.2) is 10.5 Å². The first-order valence-corrected chi connectivity index (χ1v) is 5.56. The molecule has 2 heterocycles. The summed E-state index contributed by atoms with van der Waals surface area (Å²) in [6.45, 7) is 11.7. The number of H-pyrrole nitrogens is 1. The van der Waals surface area contributed by atoms with E-state index in [1.165, 1.54) is 6.33 Å². The van der Waals surface area contributed by atoms with Crippen LogP contribution in [0.15, 0.2) is 23.8 Å². The van der Waals surface area contributed by atoms with Gasteiger partial charge in [0.25, 0.3) is 0 Å². The lowest BCUT2D eigenvalue weighted by molar-refractivity contribution is 0.176. The molecule has 6 nitrogen and oxygen atoms in total. The highest BCUT2D eigenvalue weighted by molar-refractivity contribution is 5.84. The van der Waals surface area contributed by atoms with Crippen LogP contribution in [0.2, 0.25) is 0 Å². The number of nitrogens with one attached hydrogen (secondary N) is 2. The Morgan fingerprint density at radius 2 is 1.94 bits per heavy atom. The van der Waals surface area contributed by atoms with Crippen molar-refractivity contribution < 1.29 is 4.84 Å². The monoisotopic (exact) mass is 237 g/mol. The molecule has 0 fully saturated rings. The Hall–Kier alpha value is -1.85. The van der Waals surface area contributed by atoms with Gasteiger partial charge in [-0.3, -0.25) is 5.10 Å². The topological polar surface area (TPSA) is 75.2 Å². The summed E-state index contributed by atoms with van der Waals surface area (Å²) in [5.41, 5.74) is 2.66. The molecule has 0 radical (unpaired) electrons. The molecule has 0 saturated heterocycles. The predicted octanol–water partition coefficient (Wildman–Crippen LogP) is 1.97. The molecule has 0 aliphatic carbocycles. The molecule has 0 aromatic carbocycles. The highest BCUT2D eigenvalue weighted by Gasteiger charge is 2.12. The Labute approximate surface area is 101 Å². The van der Waals surface area contributed by atoms with Crippen molar-refractivity contribution in [3.8, 4) is 0 Å². The summed E-state index contributed by atoms with van der Waals surface area (Å²) in [6, 6.07) is 0. The first-order chi connectivity index (χ1) is 8.00. The van der Waals surface area contributed by atoms with E-state index in [9.17, 15) is 0 Å². The van der Waals surface area contributed by atoms with Gasteiger partial charge >= 0.3 is 0 Å². The van der Waals surface area contributed by atoms with Crippen molar-refractivity contribution in [2.75, 3.05) is 0 Å². The molecule has 0 amide bonds. The van der Waals surface area contributed by atoms with E-state index in [0.29, 0.717) is 17.7 Å². The molecule has 17 heavy (non-hydrogen) atoms. The molecule has 2 N–H and O–H groups in total. The third-order valence-corrected chi connectivity index (χ3v) is 2.05. The van der Waals surface area contributed by atoms with Gasteiger partial charge in [0.15, 0.2) is 0 Å². The van der Waals surface area contributed by atoms with Crippen molar-refractivity contribution in [2.45, 2.75) is 33.6 Å². The Bertz CT molecular complexity index is 381. The Balaban J connectivity index is 0.000000171. The van der Waals surface area contributed by atoms with E-state index >= 15 is 0 Å². The summed E-state index contributed by atoms with van der Waals surface area (Å²) >= 11 is 0. The minimum Gasteiger partial charge on any atom is -0.361 e. The smallest absolute Gasteiger partial charge is 0.240 e. The number of amidine groups is 1. The van der Waals surface area contributed by atoms with Crippen LogP contribution in [-0.4, -0.2) is 21.0 Å². The van der Waals surface area contributed by atoms with Crippen LogP contribution in [-0.2, 0) is 4.84 Å². The van der Waals surface area contributed by atoms with Crippen LogP contribution in [0, 0.1) is 5.92 Å². The highest BCUT2D eigenvalue weighted by atomic mass is 16.7. The second-order valence-corrected chi connectivity index (χ2v) is 4.28. The quantitative estimate of drug-likeness (QED) is 0.824. The fraction of sp³-hybridized carbons (Fsp3) is 0.545. The molecule has 94 valence electrons. The SMILES string of the molecule is C=C1N=C(C(C)C)NO1.CC(C)c1ncn[nH]1. The predicted molar refractivity (Wildman–Crippen MR) is 66.1 cm³/mol. The first-order valence-electron chi connectivity index (χ1n) is 5.56. The summed E-state index contributed by atoms with van der Waals surface area (Å²) < 4.78 is 0. The van der Waals surface area contributed by atoms with Crippen LogP contribution in [0.1, 0.15) is 39.4 Å². The summed E-state index contributed by atoms with van der Waals surface area (Å²) in [5.74, 6) is 3.07. The average molecular weight is 237 g/mol. The van der Waals surface area contributed by atoms with Crippen molar-refractivity contribution in [3.63, 3.8) is 0 Å². The van der Waals surface area contributed by atoms with Crippen LogP contribution in [0.5, 0.6) is 0 Å². The Kier molecular flexibility index (Phi) is 4.68. The lowest BCUT2D eigenvalue weighted by Crippen LogP contribution is -2.21. The van der Waals surface area contributed by atoms with E-state index in [1.807, 2.05) is 13.8 Å². The fourth-order valence-corrected chi connectivity index (χ4v) is 1.03. The summed E-state index contributed by atoms with van der Waals surface area (Å²) in [7, 11) is 0. The zero-order valence-electron chi connectivity index (χ0n) is 10.7. The van der Waals surface area contributed by atoms with E-state index in [-0.39, 0.29) is 0 Å². The Morgan fingerprint density at radius 1 is 1.24 bits per heavy atom. The lowest BCUT2D eigenvalue weighted by atomic mass is 10.2. The minimum absolute atomic E-state index is 0.379. The second kappa shape index (κ2) is 6.03. The summed E-state index contributed by atoms with van der Waals surface area (Å²) in [4.78, 5) is 12.7. The van der Waals surface area contributed by atoms with Crippen LogP contribution in [0.4, 0.5) is 0 Å². The van der Waals surface area contributed by atoms with Gasteiger partial charge in [0.05, 0.1) is 0 Å². The maximum Gasteiger partial charge on any atom is 0.240 e. The van der Waals surface area contributed by atoms with Crippen molar-refractivity contribution >= 4 is 5.84 Å². The number of aliphatic imine (C=N–C) groups is 1. The standard InChI is InChI=1S/C6H10N2O.C5H9N3/c1-4(2)6-7-5(3)9-8-6;1-4(2)5-6-3-7-8-5/h4H,3H2,1-2H3,(H,7,8);3-4H,1-2H3,(H,6,7,8). The maximum absolute atomic E-state index is 4.78. The number of aromatic nitrogens is 3. The maximum atomic E-state index is 4.78. The molecule has 0 atom stereocenters. The minimum atomic E-state index is 0.379. The van der Waals surface area contributed by atoms with E-state index < -0.39 is 0 Å². The zero-order valence-corrected chi connectivity index (χ0v) is 10.7. The summed E-state index contributed by atoms with van der Waals surface area (Å²) in [5, 5.41) is 6.48. The van der Waals surface area contributed by atoms with Crippen LogP contribution in [0.25, 0.3) is 0 Å². The molecule has 1 aromatic rings. The van der Waals surface area contributed by atoms with E-state index in [0.717, 1.165) is 11.7 Å². The average Bonchev–Trinajstić information content (AvgIpc) is 2.87. The molecule has 0 spiro atoms. The van der Waals surface area contributed by atoms with Crippen molar-refractivity contribution in [1.29, 1.82) is 0 Å². The molecular formula is C11H19N5O. The molecule has 0 bridgehead atoms. The van der Waals surface area contributed by atoms with Crippen molar-refractivity contribution in [2.24, 2.45) is 10.9 Å².